The van der Waals surface area contributed by atoms with Crippen molar-refractivity contribution in [2.45, 2.75) is 39.7 Å². The highest BCUT2D eigenvalue weighted by Gasteiger charge is 2.23. The summed E-state index contributed by atoms with van der Waals surface area (Å²) in [6.07, 6.45) is 2.67. The lowest BCUT2D eigenvalue weighted by atomic mass is 9.93. The fourth-order valence-corrected chi connectivity index (χ4v) is 3.23. The highest BCUT2D eigenvalue weighted by atomic mass is 16.5. The van der Waals surface area contributed by atoms with E-state index >= 15 is 0 Å². The second-order valence-electron chi connectivity index (χ2n) is 6.52. The Morgan fingerprint density at radius 2 is 2.00 bits per heavy atom. The molecule has 0 atom stereocenters. The van der Waals surface area contributed by atoms with Crippen molar-refractivity contribution in [3.63, 3.8) is 0 Å². The van der Waals surface area contributed by atoms with Gasteiger partial charge >= 0.3 is 0 Å². The van der Waals surface area contributed by atoms with Crippen LogP contribution in [0.2, 0.25) is 0 Å². The first-order chi connectivity index (χ1) is 12.7. The molecule has 6 heteroatoms. The lowest BCUT2D eigenvalue weighted by Gasteiger charge is -2.34. The second-order valence-corrected chi connectivity index (χ2v) is 6.52. The predicted octanol–water partition coefficient (Wildman–Crippen LogP) is 2.40. The van der Waals surface area contributed by atoms with Crippen LogP contribution < -0.4 is 15.4 Å². The summed E-state index contributed by atoms with van der Waals surface area (Å²) in [7, 11) is 1.70. The van der Waals surface area contributed by atoms with Crippen LogP contribution in [0.1, 0.15) is 38.7 Å². The van der Waals surface area contributed by atoms with Gasteiger partial charge in [0.15, 0.2) is 5.96 Å². The average Bonchev–Trinajstić information content (AvgIpc) is 2.67. The van der Waals surface area contributed by atoms with Gasteiger partial charge in [0, 0.05) is 38.7 Å². The normalized spacial score (nSPS) is 15.7. The third-order valence-electron chi connectivity index (χ3n) is 4.67. The van der Waals surface area contributed by atoms with Crippen LogP contribution in [0.3, 0.4) is 0 Å². The molecule has 0 saturated carbocycles. The second kappa shape index (κ2) is 10.7. The molecule has 0 aliphatic carbocycles. The number of ether oxygens (including phenoxy) is 1. The van der Waals surface area contributed by atoms with E-state index in [4.69, 9.17) is 9.73 Å². The topological polar surface area (TPSA) is 66.0 Å². The van der Waals surface area contributed by atoms with E-state index in [-0.39, 0.29) is 5.91 Å². The van der Waals surface area contributed by atoms with Gasteiger partial charge in [-0.1, -0.05) is 18.2 Å². The Bertz CT molecular complexity index is 595. The minimum absolute atomic E-state index is 0.136. The number of nitrogens with zero attached hydrogens (tertiary/aromatic N) is 2. The summed E-state index contributed by atoms with van der Waals surface area (Å²) >= 11 is 0. The van der Waals surface area contributed by atoms with E-state index in [1.54, 1.807) is 7.05 Å². The number of hydrogen-bond donors (Lipinski definition) is 2. The number of para-hydroxylation sites is 1. The number of benzene rings is 1. The van der Waals surface area contributed by atoms with Crippen LogP contribution in [0.15, 0.2) is 29.3 Å². The van der Waals surface area contributed by atoms with Gasteiger partial charge in [0.05, 0.1) is 13.2 Å². The molecule has 1 aromatic carbocycles. The van der Waals surface area contributed by atoms with Crippen molar-refractivity contribution in [2.75, 3.05) is 33.3 Å². The largest absolute Gasteiger partial charge is 0.494 e. The Balaban J connectivity index is 1.98. The molecule has 0 unspecified atom stereocenters. The number of nitrogens with one attached hydrogen (secondary N) is 2. The Labute approximate surface area is 157 Å². The monoisotopic (exact) mass is 360 g/mol. The number of carbonyl (C=O) groups is 1. The van der Waals surface area contributed by atoms with E-state index < -0.39 is 0 Å². The molecule has 1 aliphatic heterocycles. The third-order valence-corrected chi connectivity index (χ3v) is 4.67. The Hall–Kier alpha value is -2.24. The molecule has 1 aromatic rings. The van der Waals surface area contributed by atoms with Gasteiger partial charge in [-0.25, -0.2) is 4.99 Å². The Morgan fingerprint density at radius 1 is 1.27 bits per heavy atom. The van der Waals surface area contributed by atoms with Crippen LogP contribution in [0.5, 0.6) is 5.75 Å². The number of hydrogen-bond acceptors (Lipinski definition) is 3. The number of piperidine rings is 1. The van der Waals surface area contributed by atoms with Crippen molar-refractivity contribution >= 4 is 11.9 Å². The fraction of sp³-hybridized carbons (Fsp3) is 0.600. The van der Waals surface area contributed by atoms with Crippen molar-refractivity contribution < 1.29 is 9.53 Å². The zero-order valence-electron chi connectivity index (χ0n) is 16.3. The minimum atomic E-state index is 0.136. The quantitative estimate of drug-likeness (QED) is 0.579. The molecule has 0 radical (unpaired) electrons. The maximum Gasteiger partial charge on any atom is 0.220 e. The molecule has 2 rings (SSSR count). The highest BCUT2D eigenvalue weighted by molar-refractivity contribution is 5.80. The van der Waals surface area contributed by atoms with Crippen LogP contribution in [-0.2, 0) is 11.3 Å². The van der Waals surface area contributed by atoms with E-state index in [2.05, 4.69) is 28.5 Å². The summed E-state index contributed by atoms with van der Waals surface area (Å²) in [5.41, 5.74) is 1.10. The predicted molar refractivity (Wildman–Crippen MR) is 105 cm³/mol. The van der Waals surface area contributed by atoms with E-state index in [0.717, 1.165) is 49.7 Å². The van der Waals surface area contributed by atoms with Gasteiger partial charge in [-0.15, -0.1) is 0 Å². The van der Waals surface area contributed by atoms with Crippen LogP contribution in [0.4, 0.5) is 0 Å². The van der Waals surface area contributed by atoms with Gasteiger partial charge in [0.25, 0.3) is 0 Å². The van der Waals surface area contributed by atoms with Gasteiger partial charge in [0.2, 0.25) is 5.91 Å². The van der Waals surface area contributed by atoms with Crippen molar-refractivity contribution in [2.24, 2.45) is 10.9 Å². The Kier molecular flexibility index (Phi) is 8.25. The third kappa shape index (κ3) is 5.93. The SMILES string of the molecule is CCNC(=NCc1ccccc1OCC)N1CCC(CC(=O)NC)CC1. The van der Waals surface area contributed by atoms with Gasteiger partial charge < -0.3 is 20.3 Å². The molecule has 1 heterocycles. The first-order valence-electron chi connectivity index (χ1n) is 9.62. The van der Waals surface area contributed by atoms with Crippen LogP contribution in [-0.4, -0.2) is 50.1 Å². The molecule has 0 aromatic heterocycles. The first kappa shape index (κ1) is 20.1. The summed E-state index contributed by atoms with van der Waals surface area (Å²) in [6.45, 7) is 8.02. The smallest absolute Gasteiger partial charge is 0.220 e. The fourth-order valence-electron chi connectivity index (χ4n) is 3.23. The maximum absolute atomic E-state index is 11.6. The number of aliphatic imine (C=N–C) groups is 1. The maximum atomic E-state index is 11.6. The van der Waals surface area contributed by atoms with Crippen molar-refractivity contribution in [3.8, 4) is 5.75 Å². The average molecular weight is 361 g/mol. The first-order valence-corrected chi connectivity index (χ1v) is 9.62. The minimum Gasteiger partial charge on any atom is -0.494 e. The molecule has 1 fully saturated rings. The summed E-state index contributed by atoms with van der Waals surface area (Å²) in [4.78, 5) is 18.7. The van der Waals surface area contributed by atoms with E-state index in [9.17, 15) is 4.79 Å². The van der Waals surface area contributed by atoms with Crippen molar-refractivity contribution in [1.29, 1.82) is 0 Å². The molecular formula is C20H32N4O2. The van der Waals surface area contributed by atoms with Crippen molar-refractivity contribution in [1.82, 2.24) is 15.5 Å². The van der Waals surface area contributed by atoms with Gasteiger partial charge in [-0.3, -0.25) is 4.79 Å². The zero-order valence-corrected chi connectivity index (χ0v) is 16.3. The highest BCUT2D eigenvalue weighted by Crippen LogP contribution is 2.22. The molecule has 1 saturated heterocycles. The zero-order chi connectivity index (χ0) is 18.8. The molecule has 1 aliphatic rings. The molecule has 144 valence electrons. The lowest BCUT2D eigenvalue weighted by molar-refractivity contribution is -0.121. The van der Waals surface area contributed by atoms with Crippen LogP contribution in [0, 0.1) is 5.92 Å². The number of rotatable bonds is 7. The van der Waals surface area contributed by atoms with Gasteiger partial charge in [0.1, 0.15) is 5.75 Å². The molecule has 1 amide bonds. The molecule has 6 nitrogen and oxygen atoms in total. The molecular weight excluding hydrogens is 328 g/mol. The van der Waals surface area contributed by atoms with Crippen molar-refractivity contribution in [3.05, 3.63) is 29.8 Å². The van der Waals surface area contributed by atoms with E-state index in [1.807, 2.05) is 25.1 Å². The summed E-state index contributed by atoms with van der Waals surface area (Å²) in [5.74, 6) is 2.44. The molecule has 26 heavy (non-hydrogen) atoms. The molecule has 0 bridgehead atoms. The standard InChI is InChI=1S/C20H32N4O2/c1-4-22-20(23-15-17-8-6-7-9-18(17)26-5-2)24-12-10-16(11-13-24)14-19(25)21-3/h6-9,16H,4-5,10-15H2,1-3H3,(H,21,25)(H,22,23). The van der Waals surface area contributed by atoms with Crippen LogP contribution in [0.25, 0.3) is 0 Å². The molecule has 0 spiro atoms. The Morgan fingerprint density at radius 3 is 2.65 bits per heavy atom. The number of guanidine groups is 1. The number of likely N-dealkylation sites (tertiary alicyclic amines) is 1. The summed E-state index contributed by atoms with van der Waals surface area (Å²) in [5, 5.41) is 6.12. The van der Waals surface area contributed by atoms with E-state index in [0.29, 0.717) is 25.5 Å². The number of carbonyl (C=O) groups excluding carboxylic acids is 1. The van der Waals surface area contributed by atoms with E-state index in [1.165, 1.54) is 0 Å². The van der Waals surface area contributed by atoms with Gasteiger partial charge in [-0.2, -0.15) is 0 Å². The molecule has 2 N–H and O–H groups in total. The summed E-state index contributed by atoms with van der Waals surface area (Å²) in [6, 6.07) is 8.06. The number of amides is 1. The summed E-state index contributed by atoms with van der Waals surface area (Å²) < 4.78 is 5.70. The van der Waals surface area contributed by atoms with Gasteiger partial charge in [-0.05, 0) is 38.7 Å². The van der Waals surface area contributed by atoms with Crippen LogP contribution >= 0.6 is 0 Å². The lowest BCUT2D eigenvalue weighted by Crippen LogP contribution is -2.46.